The minimum Gasteiger partial charge on any atom is -0.494 e. The Morgan fingerprint density at radius 1 is 0.831 bits per heavy atom. The minimum atomic E-state index is -4.58. The van der Waals surface area contributed by atoms with Crippen LogP contribution in [0.25, 0.3) is 0 Å². The molecule has 4 N–H and O–H groups in total. The first-order chi connectivity index (χ1) is 30.2. The number of nitro groups is 1. The first-order valence-corrected chi connectivity index (χ1v) is 19.9. The number of urea groups is 1. The smallest absolute Gasteiger partial charge is 0.416 e. The summed E-state index contributed by atoms with van der Waals surface area (Å²) in [4.78, 5) is 54.6. The van der Waals surface area contributed by atoms with E-state index in [0.717, 1.165) is 36.4 Å². The van der Waals surface area contributed by atoms with Gasteiger partial charge in [-0.25, -0.2) is 27.5 Å². The van der Waals surface area contributed by atoms with Crippen LogP contribution in [-0.2, 0) is 22.6 Å². The van der Waals surface area contributed by atoms with Crippen molar-refractivity contribution in [3.63, 3.8) is 0 Å². The van der Waals surface area contributed by atoms with Gasteiger partial charge in [0.1, 0.15) is 28.5 Å². The molecule has 0 saturated carbocycles. The Morgan fingerprint density at radius 2 is 1.48 bits per heavy atom. The van der Waals surface area contributed by atoms with Gasteiger partial charge in [0.2, 0.25) is 5.95 Å². The Kier molecular flexibility index (Phi) is 18.0. The van der Waals surface area contributed by atoms with E-state index in [9.17, 15) is 59.3 Å². The molecule has 0 aliphatic rings. The number of alkyl halides is 6. The summed E-state index contributed by atoms with van der Waals surface area (Å²) < 4.78 is 116. The summed E-state index contributed by atoms with van der Waals surface area (Å²) >= 11 is 17.1. The quantitative estimate of drug-likeness (QED) is 0.0515. The molecule has 28 heteroatoms. The third kappa shape index (κ3) is 15.5. The maximum absolute atomic E-state index is 12.6. The average Bonchev–Trinajstić information content (AvgIpc) is 3.20. The number of sulfonamides is 1. The summed E-state index contributed by atoms with van der Waals surface area (Å²) in [5.41, 5.74) is -2.43. The molecule has 0 fully saturated rings. The number of anilines is 1. The highest BCUT2D eigenvalue weighted by Crippen LogP contribution is 2.37. The fraction of sp³-hybridized carbons (Fsp3) is 0.189. The van der Waals surface area contributed by atoms with Gasteiger partial charge in [-0.2, -0.15) is 41.3 Å². The van der Waals surface area contributed by atoms with Crippen LogP contribution in [-0.4, -0.2) is 76.9 Å². The SMILES string of the molecule is COc1c(Cl)ccc(Cl)c1C(=O)O.COc1nc(C)nc(NC(=O)NS(=O)(=O)c2ccccc2CCC(F)(F)F)n1.O=C(O)c1cc(Oc2ccc(C(F)(F)F)cc2Cl)ccc1[N+](=O)[O-]. The van der Waals surface area contributed by atoms with Gasteiger partial charge in [-0.05, 0) is 61.4 Å². The summed E-state index contributed by atoms with van der Waals surface area (Å²) in [7, 11) is -1.81. The number of aryl methyl sites for hydroxylation is 2. The van der Waals surface area contributed by atoms with E-state index in [0.29, 0.717) is 6.07 Å². The Labute approximate surface area is 377 Å². The molecule has 1 aromatic heterocycles. The Balaban J connectivity index is 0.000000275. The number of nitrogens with zero attached hydrogens (tertiary/aromatic N) is 4. The summed E-state index contributed by atoms with van der Waals surface area (Å²) in [6.07, 6.45) is -10.8. The fourth-order valence-electron chi connectivity index (χ4n) is 4.89. The van der Waals surface area contributed by atoms with E-state index < -0.39 is 79.8 Å². The van der Waals surface area contributed by atoms with E-state index in [2.05, 4.69) is 20.3 Å². The van der Waals surface area contributed by atoms with Crippen molar-refractivity contribution in [1.82, 2.24) is 19.7 Å². The fourth-order valence-corrected chi connectivity index (χ4v) is 6.75. The lowest BCUT2D eigenvalue weighted by molar-refractivity contribution is -0.385. The standard InChI is InChI=1S/C15H16F3N5O4S.C14H7ClF3NO5.C8H6Cl2O3/c1-9-19-12(22-14(20-9)27-2)21-13(24)23-28(25,26)11-6-4-3-5-10(11)7-8-15(16,17)18;15-10-5-7(14(16,17)18)1-4-12(10)24-8-2-3-11(19(22)23)9(6-8)13(20)21;1-13-7-5(10)3-2-4(9)6(7)8(11)12/h3-6H,7-8H2,1-2H3,(H2,19,20,21,22,23,24);1-6H,(H,20,21);2-3H,1H3,(H,11,12). The molecule has 0 saturated heterocycles. The lowest BCUT2D eigenvalue weighted by Crippen LogP contribution is -2.35. The second-order valence-electron chi connectivity index (χ2n) is 12.2. The van der Waals surface area contributed by atoms with Crippen LogP contribution >= 0.6 is 34.8 Å². The van der Waals surface area contributed by atoms with Crippen molar-refractivity contribution in [2.24, 2.45) is 0 Å². The zero-order valence-corrected chi connectivity index (χ0v) is 36.0. The normalized spacial score (nSPS) is 11.1. The Morgan fingerprint density at radius 3 is 2.02 bits per heavy atom. The lowest BCUT2D eigenvalue weighted by atomic mass is 10.1. The number of rotatable bonds is 12. The first-order valence-electron chi connectivity index (χ1n) is 17.2. The topological polar surface area (TPSA) is 259 Å². The van der Waals surface area contributed by atoms with Crippen molar-refractivity contribution < 1.29 is 78.5 Å². The molecule has 0 spiro atoms. The average molecular weight is 1000 g/mol. The molecule has 18 nitrogen and oxygen atoms in total. The third-order valence-electron chi connectivity index (χ3n) is 7.66. The molecule has 5 rings (SSSR count). The van der Waals surface area contributed by atoms with Gasteiger partial charge < -0.3 is 24.4 Å². The van der Waals surface area contributed by atoms with Gasteiger partial charge in [0.25, 0.3) is 15.7 Å². The van der Waals surface area contributed by atoms with Gasteiger partial charge in [-0.15, -0.1) is 0 Å². The zero-order chi connectivity index (χ0) is 49.0. The van der Waals surface area contributed by atoms with Crippen LogP contribution in [0.1, 0.15) is 44.1 Å². The number of aromatic carboxylic acids is 2. The predicted octanol–water partition coefficient (Wildman–Crippen LogP) is 9.65. The molecule has 348 valence electrons. The number of hydrogen-bond acceptors (Lipinski definition) is 13. The van der Waals surface area contributed by atoms with Crippen LogP contribution in [0.15, 0.2) is 77.7 Å². The zero-order valence-electron chi connectivity index (χ0n) is 32.9. The molecule has 0 bridgehead atoms. The van der Waals surface area contributed by atoms with E-state index in [-0.39, 0.29) is 61.2 Å². The maximum Gasteiger partial charge on any atom is 0.416 e. The summed E-state index contributed by atoms with van der Waals surface area (Å²) in [6, 6.07) is 12.0. The number of hydrogen-bond donors (Lipinski definition) is 4. The molecular weight excluding hydrogens is 973 g/mol. The van der Waals surface area contributed by atoms with Gasteiger partial charge in [-0.1, -0.05) is 53.0 Å². The monoisotopic (exact) mass is 1000 g/mol. The van der Waals surface area contributed by atoms with Crippen molar-refractivity contribution in [1.29, 1.82) is 0 Å². The number of carbonyl (C=O) groups is 3. The van der Waals surface area contributed by atoms with Crippen LogP contribution in [0.2, 0.25) is 15.1 Å². The highest BCUT2D eigenvalue weighted by molar-refractivity contribution is 7.90. The van der Waals surface area contributed by atoms with Crippen molar-refractivity contribution in [2.75, 3.05) is 19.5 Å². The minimum absolute atomic E-state index is 0.0715. The lowest BCUT2D eigenvalue weighted by Gasteiger charge is -2.13. The van der Waals surface area contributed by atoms with E-state index in [1.54, 1.807) is 4.72 Å². The molecule has 0 radical (unpaired) electrons. The highest BCUT2D eigenvalue weighted by atomic mass is 35.5. The molecule has 4 aromatic carbocycles. The molecule has 65 heavy (non-hydrogen) atoms. The van der Waals surface area contributed by atoms with Crippen LogP contribution in [0, 0.1) is 17.0 Å². The highest BCUT2D eigenvalue weighted by Gasteiger charge is 2.32. The summed E-state index contributed by atoms with van der Waals surface area (Å²) in [6.45, 7) is 1.50. The second kappa shape index (κ2) is 22.3. The number of benzene rings is 4. The number of nitrogens with one attached hydrogen (secondary N) is 2. The molecule has 5 aromatic rings. The summed E-state index contributed by atoms with van der Waals surface area (Å²) in [5.74, 6) is -2.96. The Bertz CT molecular complexity index is 2700. The molecule has 0 unspecified atom stereocenters. The van der Waals surface area contributed by atoms with E-state index in [1.807, 2.05) is 0 Å². The van der Waals surface area contributed by atoms with Gasteiger partial charge in [0.15, 0.2) is 5.75 Å². The molecule has 0 atom stereocenters. The number of carbonyl (C=O) groups excluding carboxylic acids is 1. The molecular formula is C37H29Cl3F6N6O12S. The van der Waals surface area contributed by atoms with Gasteiger partial charge in [-0.3, -0.25) is 15.4 Å². The van der Waals surface area contributed by atoms with E-state index >= 15 is 0 Å². The predicted molar refractivity (Wildman–Crippen MR) is 218 cm³/mol. The number of methoxy groups -OCH3 is 2. The van der Waals surface area contributed by atoms with Crippen molar-refractivity contribution in [3.8, 4) is 23.3 Å². The van der Waals surface area contributed by atoms with Gasteiger partial charge in [0.05, 0.1) is 44.7 Å². The Hall–Kier alpha value is -6.70. The van der Waals surface area contributed by atoms with Crippen LogP contribution < -0.4 is 24.2 Å². The largest absolute Gasteiger partial charge is 0.494 e. The molecule has 1 heterocycles. The third-order valence-corrected chi connectivity index (χ3v) is 10.00. The van der Waals surface area contributed by atoms with Crippen molar-refractivity contribution >= 4 is 74.4 Å². The van der Waals surface area contributed by atoms with E-state index in [1.165, 1.54) is 51.5 Å². The number of ether oxygens (including phenoxy) is 3. The maximum atomic E-state index is 12.6. The molecule has 2 amide bonds. The number of halogens is 9. The number of amides is 2. The molecule has 0 aliphatic carbocycles. The van der Waals surface area contributed by atoms with Crippen molar-refractivity contribution in [3.05, 3.63) is 126 Å². The van der Waals surface area contributed by atoms with Crippen LogP contribution in [0.4, 0.5) is 42.8 Å². The molecule has 0 aliphatic heterocycles. The first kappa shape index (κ1) is 52.6. The van der Waals surface area contributed by atoms with Crippen LogP contribution in [0.3, 0.4) is 0 Å². The number of aromatic nitrogens is 3. The van der Waals surface area contributed by atoms with Crippen molar-refractivity contribution in [2.45, 2.75) is 37.0 Å². The summed E-state index contributed by atoms with van der Waals surface area (Å²) in [5, 5.41) is 30.6. The van der Waals surface area contributed by atoms with Gasteiger partial charge in [0, 0.05) is 18.6 Å². The van der Waals surface area contributed by atoms with Gasteiger partial charge >= 0.3 is 36.3 Å². The number of nitro benzene ring substituents is 1. The van der Waals surface area contributed by atoms with E-state index in [4.69, 9.17) is 59.2 Å². The number of carboxylic acids is 2. The van der Waals surface area contributed by atoms with Crippen LogP contribution in [0.5, 0.6) is 23.3 Å². The second-order valence-corrected chi connectivity index (χ2v) is 15.1. The number of carboxylic acid groups (broad SMARTS) is 2.